The Morgan fingerprint density at radius 1 is 1.22 bits per heavy atom. The van der Waals surface area contributed by atoms with E-state index in [9.17, 15) is 9.90 Å². The van der Waals surface area contributed by atoms with Crippen LogP contribution in [0, 0.1) is 0 Å². The smallest absolute Gasteiger partial charge is 0.279 e. The molecule has 3 aromatic rings. The molecule has 6 heteroatoms. The topological polar surface area (TPSA) is 65.4 Å². The molecule has 0 aliphatic carbocycles. The second kappa shape index (κ2) is 3.30. The largest absolute Gasteiger partial charge is 0.494 e. The van der Waals surface area contributed by atoms with Gasteiger partial charge in [0.15, 0.2) is 5.88 Å². The van der Waals surface area contributed by atoms with Crippen molar-refractivity contribution in [2.75, 3.05) is 0 Å². The number of hydrogen-bond donors (Lipinski definition) is 2. The van der Waals surface area contributed by atoms with Gasteiger partial charge >= 0.3 is 0 Å². The summed E-state index contributed by atoms with van der Waals surface area (Å²) in [4.78, 5) is 18.9. The third-order valence-corrected chi connectivity index (χ3v) is 4.79. The summed E-state index contributed by atoms with van der Waals surface area (Å²) >= 11 is 2.97. The van der Waals surface area contributed by atoms with Crippen LogP contribution in [0.5, 0.6) is 5.88 Å². The molecule has 1 aliphatic rings. The van der Waals surface area contributed by atoms with E-state index in [0.717, 1.165) is 14.7 Å². The Bertz CT molecular complexity index is 914. The molecule has 2 N–H and O–H groups in total. The third kappa shape index (κ3) is 1.13. The van der Waals surface area contributed by atoms with Crippen molar-refractivity contribution in [3.63, 3.8) is 0 Å². The molecule has 1 amide bonds. The zero-order valence-electron chi connectivity index (χ0n) is 8.93. The molecule has 0 unspecified atom stereocenters. The Kier molecular flexibility index (Phi) is 1.84. The number of nitrogens with zero attached hydrogens (tertiary/aromatic N) is 1. The molecule has 18 heavy (non-hydrogen) atoms. The number of carbonyl (C=O) groups excluding carboxylic acids is 1. The predicted molar refractivity (Wildman–Crippen MR) is 70.5 cm³/mol. The maximum atomic E-state index is 12.0. The number of aromatic nitrogens is 1. The number of rotatable bonds is 1. The number of thiophene rings is 2. The van der Waals surface area contributed by atoms with Crippen LogP contribution < -0.4 is 9.89 Å². The monoisotopic (exact) mass is 274 g/mol. The highest BCUT2D eigenvalue weighted by Crippen LogP contribution is 2.36. The summed E-state index contributed by atoms with van der Waals surface area (Å²) in [6, 6.07) is 3.70. The SMILES string of the molecule is O=C1N=c2ccsc2=C1c1c(O)[nH]c2ccsc12. The fourth-order valence-corrected chi connectivity index (χ4v) is 3.97. The van der Waals surface area contributed by atoms with Crippen LogP contribution in [0.25, 0.3) is 15.8 Å². The van der Waals surface area contributed by atoms with Gasteiger partial charge in [-0.25, -0.2) is 4.99 Å². The van der Waals surface area contributed by atoms with Gasteiger partial charge in [0.25, 0.3) is 5.91 Å². The number of aromatic amines is 1. The average molecular weight is 274 g/mol. The summed E-state index contributed by atoms with van der Waals surface area (Å²) < 4.78 is 1.73. The molecule has 3 aromatic heterocycles. The van der Waals surface area contributed by atoms with Gasteiger partial charge in [-0.3, -0.25) is 4.79 Å². The van der Waals surface area contributed by atoms with E-state index in [1.165, 1.54) is 22.7 Å². The molecule has 1 aliphatic heterocycles. The van der Waals surface area contributed by atoms with Gasteiger partial charge in [0, 0.05) is 0 Å². The van der Waals surface area contributed by atoms with E-state index in [0.29, 0.717) is 16.5 Å². The zero-order chi connectivity index (χ0) is 12.3. The van der Waals surface area contributed by atoms with Crippen molar-refractivity contribution in [3.8, 4) is 5.88 Å². The van der Waals surface area contributed by atoms with Crippen LogP contribution in [0.15, 0.2) is 27.9 Å². The molecule has 0 aromatic carbocycles. The van der Waals surface area contributed by atoms with Crippen molar-refractivity contribution in [2.24, 2.45) is 4.99 Å². The van der Waals surface area contributed by atoms with Gasteiger partial charge in [0.1, 0.15) is 0 Å². The fraction of sp³-hybridized carbons (Fsp3) is 0. The summed E-state index contributed by atoms with van der Waals surface area (Å²) in [5.41, 5.74) is 1.93. The van der Waals surface area contributed by atoms with Crippen molar-refractivity contribution < 1.29 is 9.90 Å². The molecule has 4 nitrogen and oxygen atoms in total. The first-order valence-corrected chi connectivity index (χ1v) is 7.01. The number of hydrogen-bond acceptors (Lipinski definition) is 4. The Balaban J connectivity index is 2.20. The number of fused-ring (bicyclic) bond motifs is 2. The molecule has 0 saturated heterocycles. The standard InChI is InChI=1S/C12H6N2O2S2/c15-11-7(9-5(13-11)1-3-17-9)8-10-6(2-4-18-10)14-12(8)16/h1-4,13,15H. The normalized spacial score (nSPS) is 14.2. The molecule has 88 valence electrons. The minimum atomic E-state index is -0.276. The van der Waals surface area contributed by atoms with Crippen LogP contribution in [0.3, 0.4) is 0 Å². The number of aromatic hydroxyl groups is 1. The van der Waals surface area contributed by atoms with E-state index in [4.69, 9.17) is 0 Å². The summed E-state index contributed by atoms with van der Waals surface area (Å²) in [5.74, 6) is -0.238. The van der Waals surface area contributed by atoms with Crippen LogP contribution in [-0.2, 0) is 4.79 Å². The van der Waals surface area contributed by atoms with Crippen LogP contribution in [0.1, 0.15) is 5.56 Å². The van der Waals surface area contributed by atoms with Crippen molar-refractivity contribution in [1.82, 2.24) is 4.98 Å². The lowest BCUT2D eigenvalue weighted by molar-refractivity contribution is -0.112. The van der Waals surface area contributed by atoms with Gasteiger partial charge in [-0.05, 0) is 22.9 Å². The molecule has 4 rings (SSSR count). The van der Waals surface area contributed by atoms with E-state index in [1.54, 1.807) is 0 Å². The van der Waals surface area contributed by atoms with Crippen LogP contribution in [0.4, 0.5) is 0 Å². The molecule has 0 atom stereocenters. The van der Waals surface area contributed by atoms with Gasteiger partial charge in [0.05, 0.1) is 31.2 Å². The number of nitrogens with one attached hydrogen (secondary N) is 1. The minimum Gasteiger partial charge on any atom is -0.494 e. The van der Waals surface area contributed by atoms with E-state index >= 15 is 0 Å². The first-order chi connectivity index (χ1) is 8.75. The lowest BCUT2D eigenvalue weighted by Gasteiger charge is -1.97. The molecular formula is C12H6N2O2S2. The molecule has 0 fully saturated rings. The molecule has 4 heterocycles. The Morgan fingerprint density at radius 3 is 2.94 bits per heavy atom. The van der Waals surface area contributed by atoms with Crippen LogP contribution in [-0.4, -0.2) is 16.0 Å². The summed E-state index contributed by atoms with van der Waals surface area (Å²) in [6.45, 7) is 0. The van der Waals surface area contributed by atoms with Crippen molar-refractivity contribution in [1.29, 1.82) is 0 Å². The van der Waals surface area contributed by atoms with Gasteiger partial charge in [-0.1, -0.05) is 0 Å². The maximum absolute atomic E-state index is 12.0. The highest BCUT2D eigenvalue weighted by atomic mass is 32.1. The van der Waals surface area contributed by atoms with Gasteiger partial charge in [-0.2, -0.15) is 0 Å². The van der Waals surface area contributed by atoms with Crippen molar-refractivity contribution >= 4 is 44.4 Å². The van der Waals surface area contributed by atoms with E-state index < -0.39 is 0 Å². The fourth-order valence-electron chi connectivity index (χ4n) is 2.19. The third-order valence-electron chi connectivity index (χ3n) is 2.94. The highest BCUT2D eigenvalue weighted by Gasteiger charge is 2.26. The van der Waals surface area contributed by atoms with E-state index in [1.807, 2.05) is 22.9 Å². The highest BCUT2D eigenvalue weighted by molar-refractivity contribution is 7.17. The Hall–Kier alpha value is -1.92. The van der Waals surface area contributed by atoms with Crippen molar-refractivity contribution in [3.05, 3.63) is 38.3 Å². The van der Waals surface area contributed by atoms with Gasteiger partial charge in [0.2, 0.25) is 0 Å². The van der Waals surface area contributed by atoms with E-state index in [-0.39, 0.29) is 11.8 Å². The van der Waals surface area contributed by atoms with Gasteiger partial charge in [-0.15, -0.1) is 22.7 Å². The molecule has 0 bridgehead atoms. The maximum Gasteiger partial charge on any atom is 0.279 e. The average Bonchev–Trinajstić information content (AvgIpc) is 3.01. The zero-order valence-corrected chi connectivity index (χ0v) is 10.6. The molecule has 0 saturated carbocycles. The summed E-state index contributed by atoms with van der Waals surface area (Å²) in [7, 11) is 0. The molecular weight excluding hydrogens is 268 g/mol. The van der Waals surface area contributed by atoms with Gasteiger partial charge < -0.3 is 10.1 Å². The predicted octanol–water partition coefficient (Wildman–Crippen LogP) is 1.36. The lowest BCUT2D eigenvalue weighted by Crippen LogP contribution is -2.15. The summed E-state index contributed by atoms with van der Waals surface area (Å²) in [6.07, 6.45) is 0. The van der Waals surface area contributed by atoms with E-state index in [2.05, 4.69) is 9.98 Å². The van der Waals surface area contributed by atoms with Crippen LogP contribution in [0.2, 0.25) is 0 Å². The quantitative estimate of drug-likeness (QED) is 0.703. The summed E-state index contributed by atoms with van der Waals surface area (Å²) in [5, 5.41) is 14.5. The van der Waals surface area contributed by atoms with Crippen LogP contribution >= 0.6 is 22.7 Å². The Morgan fingerprint density at radius 2 is 2.06 bits per heavy atom. The molecule has 0 radical (unpaired) electrons. The lowest BCUT2D eigenvalue weighted by atomic mass is 10.1. The Labute approximate surface area is 109 Å². The number of amides is 1. The minimum absolute atomic E-state index is 0.0386. The van der Waals surface area contributed by atoms with Crippen molar-refractivity contribution in [2.45, 2.75) is 0 Å². The second-order valence-electron chi connectivity index (χ2n) is 3.94. The first-order valence-electron chi connectivity index (χ1n) is 5.25. The second-order valence-corrected chi connectivity index (χ2v) is 5.77. The number of carbonyl (C=O) groups is 1. The molecule has 0 spiro atoms. The number of H-pyrrole nitrogens is 1. The first kappa shape index (κ1) is 10.0.